The van der Waals surface area contributed by atoms with Crippen molar-refractivity contribution >= 4 is 83.8 Å². The molecular formula is C28H14Br2Cl2N4O5. The highest BCUT2D eigenvalue weighted by atomic mass is 79.9. The summed E-state index contributed by atoms with van der Waals surface area (Å²) in [5, 5.41) is 16.4. The van der Waals surface area contributed by atoms with E-state index in [9.17, 15) is 19.7 Å². The maximum Gasteiger partial charge on any atom is 0.345 e. The molecule has 0 fully saturated rings. The lowest BCUT2D eigenvalue weighted by molar-refractivity contribution is -0.384. The van der Waals surface area contributed by atoms with Gasteiger partial charge in [0, 0.05) is 32.8 Å². The number of para-hydroxylation sites is 1. The Morgan fingerprint density at radius 3 is 2.46 bits per heavy atom. The molecule has 0 amide bonds. The van der Waals surface area contributed by atoms with Crippen molar-refractivity contribution in [2.24, 2.45) is 5.10 Å². The molecule has 5 rings (SSSR count). The van der Waals surface area contributed by atoms with Crippen LogP contribution in [0.4, 0.5) is 5.69 Å². The molecule has 0 spiro atoms. The number of non-ortho nitro benzene ring substituents is 1. The van der Waals surface area contributed by atoms with E-state index in [1.807, 2.05) is 0 Å². The van der Waals surface area contributed by atoms with Gasteiger partial charge in [-0.1, -0.05) is 51.3 Å². The van der Waals surface area contributed by atoms with Crippen LogP contribution in [0.25, 0.3) is 22.3 Å². The Morgan fingerprint density at radius 2 is 1.76 bits per heavy atom. The van der Waals surface area contributed by atoms with Crippen LogP contribution >= 0.6 is 55.1 Å². The quantitative estimate of drug-likeness (QED) is 0.0580. The average Bonchev–Trinajstić information content (AvgIpc) is 2.94. The lowest BCUT2D eigenvalue weighted by Gasteiger charge is -2.12. The maximum absolute atomic E-state index is 13.5. The number of nitrogens with zero attached hydrogens (tertiary/aromatic N) is 4. The molecule has 0 atom stereocenters. The van der Waals surface area contributed by atoms with Gasteiger partial charge in [-0.15, -0.1) is 0 Å². The zero-order valence-electron chi connectivity index (χ0n) is 20.4. The minimum absolute atomic E-state index is 0.101. The number of fused-ring (bicyclic) bond motifs is 1. The molecule has 0 aliphatic rings. The fourth-order valence-corrected chi connectivity index (χ4v) is 5.68. The molecule has 5 aromatic rings. The number of carbonyl (C=O) groups excluding carboxylic acids is 1. The second kappa shape index (κ2) is 11.9. The predicted molar refractivity (Wildman–Crippen MR) is 164 cm³/mol. The number of hydrogen-bond donors (Lipinski definition) is 0. The average molecular weight is 717 g/mol. The Hall–Kier alpha value is -3.90. The lowest BCUT2D eigenvalue weighted by Crippen LogP contribution is -2.20. The second-order valence-electron chi connectivity index (χ2n) is 8.44. The van der Waals surface area contributed by atoms with Crippen LogP contribution in [0.3, 0.4) is 0 Å². The molecule has 9 nitrogen and oxygen atoms in total. The number of nitro groups is 1. The normalized spacial score (nSPS) is 11.2. The van der Waals surface area contributed by atoms with Crippen molar-refractivity contribution in [3.05, 3.63) is 129 Å². The highest BCUT2D eigenvalue weighted by molar-refractivity contribution is 9.11. The third-order valence-electron chi connectivity index (χ3n) is 5.79. The van der Waals surface area contributed by atoms with Gasteiger partial charge in [-0.05, 0) is 70.5 Å². The Balaban J connectivity index is 1.62. The van der Waals surface area contributed by atoms with E-state index in [0.717, 1.165) is 4.68 Å². The summed E-state index contributed by atoms with van der Waals surface area (Å²) >= 11 is 19.0. The fourth-order valence-electron chi connectivity index (χ4n) is 3.86. The lowest BCUT2D eigenvalue weighted by atomic mass is 10.1. The van der Waals surface area contributed by atoms with Crippen molar-refractivity contribution < 1.29 is 14.5 Å². The summed E-state index contributed by atoms with van der Waals surface area (Å²) in [6.07, 6.45) is 1.34. The minimum atomic E-state index is -0.736. The van der Waals surface area contributed by atoms with Crippen LogP contribution in [0, 0.1) is 10.1 Å². The zero-order chi connectivity index (χ0) is 29.3. The molecular weight excluding hydrogens is 703 g/mol. The van der Waals surface area contributed by atoms with Gasteiger partial charge < -0.3 is 4.74 Å². The van der Waals surface area contributed by atoms with E-state index < -0.39 is 16.5 Å². The number of ether oxygens (including phenoxy) is 1. The summed E-state index contributed by atoms with van der Waals surface area (Å²) in [4.78, 5) is 41.8. The molecule has 0 N–H and O–H groups in total. The number of halogens is 4. The summed E-state index contributed by atoms with van der Waals surface area (Å²) < 4.78 is 7.83. The molecule has 0 unspecified atom stereocenters. The predicted octanol–water partition coefficient (Wildman–Crippen LogP) is 7.90. The summed E-state index contributed by atoms with van der Waals surface area (Å²) in [5.41, 5.74) is 0.703. The highest BCUT2D eigenvalue weighted by Crippen LogP contribution is 2.34. The number of esters is 1. The molecule has 1 heterocycles. The van der Waals surface area contributed by atoms with Crippen LogP contribution in [0.15, 0.2) is 97.7 Å². The van der Waals surface area contributed by atoms with Crippen LogP contribution in [0.5, 0.6) is 5.75 Å². The Bertz CT molecular complexity index is 1950. The monoisotopic (exact) mass is 714 g/mol. The molecule has 0 aliphatic heterocycles. The first kappa shape index (κ1) is 28.6. The van der Waals surface area contributed by atoms with Crippen LogP contribution < -0.4 is 10.3 Å². The van der Waals surface area contributed by atoms with Gasteiger partial charge in [-0.25, -0.2) is 9.78 Å². The smallest absolute Gasteiger partial charge is 0.345 e. The van der Waals surface area contributed by atoms with E-state index in [1.165, 1.54) is 48.7 Å². The molecule has 13 heteroatoms. The summed E-state index contributed by atoms with van der Waals surface area (Å²) in [7, 11) is 0. The van der Waals surface area contributed by atoms with Crippen molar-refractivity contribution in [2.45, 2.75) is 0 Å². The van der Waals surface area contributed by atoms with Crippen molar-refractivity contribution in [2.75, 3.05) is 0 Å². The van der Waals surface area contributed by atoms with E-state index in [0.29, 0.717) is 36.0 Å². The van der Waals surface area contributed by atoms with Gasteiger partial charge >= 0.3 is 5.97 Å². The molecule has 0 radical (unpaired) electrons. The number of carbonyl (C=O) groups is 1. The summed E-state index contributed by atoms with van der Waals surface area (Å²) in [6, 6.07) is 20.1. The molecule has 0 bridgehead atoms. The topological polar surface area (TPSA) is 117 Å². The van der Waals surface area contributed by atoms with E-state index in [1.54, 1.807) is 36.4 Å². The zero-order valence-corrected chi connectivity index (χ0v) is 25.1. The van der Waals surface area contributed by atoms with Crippen molar-refractivity contribution in [1.29, 1.82) is 0 Å². The van der Waals surface area contributed by atoms with E-state index in [-0.39, 0.29) is 27.8 Å². The largest absolute Gasteiger partial charge is 0.421 e. The molecule has 204 valence electrons. The number of rotatable bonds is 6. The molecule has 0 aliphatic carbocycles. The number of hydrogen-bond acceptors (Lipinski definition) is 7. The molecule has 0 saturated carbocycles. The standard InChI is InChI=1S/C28H14Br2Cl2N4O5/c29-17-11-16(25(22(30)12-17)41-28(38)20-10-7-18(31)13-23(20)32)14-33-35-26(15-5-8-19(9-6-15)36(39)40)34-24-4-2-1-3-21(24)27(35)37/h1-14H. The molecule has 4 aromatic carbocycles. The third kappa shape index (κ3) is 6.08. The van der Waals surface area contributed by atoms with Gasteiger partial charge in [0.05, 0.1) is 37.1 Å². The number of nitro benzene ring substituents is 1. The Labute approximate surface area is 258 Å². The van der Waals surface area contributed by atoms with E-state index in [2.05, 4.69) is 41.9 Å². The van der Waals surface area contributed by atoms with Crippen molar-refractivity contribution in [3.8, 4) is 17.1 Å². The third-order valence-corrected chi connectivity index (χ3v) is 7.38. The van der Waals surface area contributed by atoms with Crippen molar-refractivity contribution in [3.63, 3.8) is 0 Å². The Kier molecular flexibility index (Phi) is 8.32. The SMILES string of the molecule is O=C(Oc1c(Br)cc(Br)cc1C=Nn1c(-c2ccc([N+](=O)[O-])cc2)nc2ccccc2c1=O)c1ccc(Cl)cc1Cl. The van der Waals surface area contributed by atoms with Gasteiger partial charge in [-0.3, -0.25) is 14.9 Å². The highest BCUT2D eigenvalue weighted by Gasteiger charge is 2.19. The first-order valence-corrected chi connectivity index (χ1v) is 13.9. The maximum atomic E-state index is 13.5. The Morgan fingerprint density at radius 1 is 1.02 bits per heavy atom. The summed E-state index contributed by atoms with van der Waals surface area (Å²) in [5.74, 6) is -0.465. The first-order chi connectivity index (χ1) is 19.6. The first-order valence-electron chi connectivity index (χ1n) is 11.6. The fraction of sp³-hybridized carbons (Fsp3) is 0. The molecule has 41 heavy (non-hydrogen) atoms. The van der Waals surface area contributed by atoms with Crippen molar-refractivity contribution in [1.82, 2.24) is 9.66 Å². The number of benzene rings is 4. The van der Waals surface area contributed by atoms with Crippen LogP contribution in [0.1, 0.15) is 15.9 Å². The molecule has 0 saturated heterocycles. The van der Waals surface area contributed by atoms with Gasteiger partial charge in [0.25, 0.3) is 11.2 Å². The number of aromatic nitrogens is 2. The summed E-state index contributed by atoms with van der Waals surface area (Å²) in [6.45, 7) is 0. The van der Waals surface area contributed by atoms with Gasteiger partial charge in [0.1, 0.15) is 0 Å². The van der Waals surface area contributed by atoms with Crippen LogP contribution in [-0.4, -0.2) is 26.8 Å². The van der Waals surface area contributed by atoms with Crippen LogP contribution in [0.2, 0.25) is 10.0 Å². The second-order valence-corrected chi connectivity index (χ2v) is 11.1. The minimum Gasteiger partial charge on any atom is -0.421 e. The van der Waals surface area contributed by atoms with Gasteiger partial charge in [-0.2, -0.15) is 9.78 Å². The van der Waals surface area contributed by atoms with Crippen LogP contribution in [-0.2, 0) is 0 Å². The van der Waals surface area contributed by atoms with Gasteiger partial charge in [0.2, 0.25) is 0 Å². The van der Waals surface area contributed by atoms with E-state index >= 15 is 0 Å². The van der Waals surface area contributed by atoms with E-state index in [4.69, 9.17) is 27.9 Å². The molecule has 1 aromatic heterocycles. The van der Waals surface area contributed by atoms with Gasteiger partial charge in [0.15, 0.2) is 11.6 Å².